The molecule has 37 heavy (non-hydrogen) atoms. The van der Waals surface area contributed by atoms with Crippen molar-refractivity contribution in [2.24, 2.45) is 11.7 Å². The average Bonchev–Trinajstić information content (AvgIpc) is 2.89. The highest BCUT2D eigenvalue weighted by atomic mass is 16.3. The van der Waals surface area contributed by atoms with Gasteiger partial charge in [0.15, 0.2) is 0 Å². The summed E-state index contributed by atoms with van der Waals surface area (Å²) in [6.07, 6.45) is 6.29. The highest BCUT2D eigenvalue weighted by Gasteiger charge is 2.24. The van der Waals surface area contributed by atoms with Gasteiger partial charge in [-0.1, -0.05) is 70.0 Å². The van der Waals surface area contributed by atoms with Crippen molar-refractivity contribution in [3.63, 3.8) is 0 Å². The number of nitrogens with zero attached hydrogens (tertiary/aromatic N) is 1. The number of aromatic nitrogens is 1. The summed E-state index contributed by atoms with van der Waals surface area (Å²) >= 11 is 0. The highest BCUT2D eigenvalue weighted by molar-refractivity contribution is 5.82. The molecule has 0 aliphatic carbocycles. The van der Waals surface area contributed by atoms with Gasteiger partial charge in [0.05, 0.1) is 11.6 Å². The topological polar surface area (TPSA) is 100 Å². The smallest absolute Gasteiger partial charge is 0.237 e. The number of benzene rings is 2. The molecule has 0 aliphatic heterocycles. The number of amides is 1. The zero-order valence-corrected chi connectivity index (χ0v) is 22.6. The Kier molecular flexibility index (Phi) is 11.4. The molecule has 3 aromatic rings. The Labute approximate surface area is 222 Å². The Hall–Kier alpha value is -2.96. The lowest BCUT2D eigenvalue weighted by Crippen LogP contribution is -2.51. The first-order valence-electron chi connectivity index (χ1n) is 13.8. The quantitative estimate of drug-likeness (QED) is 0.230. The fraction of sp³-hybridized carbons (Fsp3) is 0.484. The Balaban J connectivity index is 1.70. The van der Waals surface area contributed by atoms with E-state index in [-0.39, 0.29) is 23.7 Å². The van der Waals surface area contributed by atoms with Gasteiger partial charge in [0.2, 0.25) is 5.91 Å². The molecule has 0 fully saturated rings. The summed E-state index contributed by atoms with van der Waals surface area (Å²) in [5, 5.41) is 17.6. The fourth-order valence-corrected chi connectivity index (χ4v) is 4.71. The van der Waals surface area contributed by atoms with Gasteiger partial charge in [-0.15, -0.1) is 0 Å². The minimum atomic E-state index is -0.392. The molecule has 2 aromatic carbocycles. The normalized spacial score (nSPS) is 14.0. The van der Waals surface area contributed by atoms with E-state index in [1.165, 1.54) is 0 Å². The number of hydrogen-bond acceptors (Lipinski definition) is 5. The fourth-order valence-electron chi connectivity index (χ4n) is 4.71. The second-order valence-corrected chi connectivity index (χ2v) is 10.6. The number of unbranched alkanes of at least 4 members (excludes halogenated alkanes) is 1. The zero-order chi connectivity index (χ0) is 26.6. The van der Waals surface area contributed by atoms with Crippen LogP contribution in [0.3, 0.4) is 0 Å². The molecule has 200 valence electrons. The number of aryl methyl sites for hydroxylation is 1. The van der Waals surface area contributed by atoms with E-state index in [0.717, 1.165) is 60.7 Å². The summed E-state index contributed by atoms with van der Waals surface area (Å²) in [6.45, 7) is 7.04. The highest BCUT2D eigenvalue weighted by Crippen LogP contribution is 2.17. The van der Waals surface area contributed by atoms with Gasteiger partial charge in [-0.25, -0.2) is 0 Å². The molecule has 6 nitrogen and oxygen atoms in total. The van der Waals surface area contributed by atoms with E-state index in [1.54, 1.807) is 12.1 Å². The van der Waals surface area contributed by atoms with E-state index >= 15 is 0 Å². The van der Waals surface area contributed by atoms with Crippen LogP contribution in [0.25, 0.3) is 10.9 Å². The van der Waals surface area contributed by atoms with Crippen molar-refractivity contribution in [1.29, 1.82) is 0 Å². The van der Waals surface area contributed by atoms with Gasteiger partial charge in [-0.05, 0) is 67.9 Å². The van der Waals surface area contributed by atoms with E-state index in [0.29, 0.717) is 18.9 Å². The number of phenols is 1. The van der Waals surface area contributed by atoms with E-state index in [4.69, 9.17) is 10.7 Å². The maximum absolute atomic E-state index is 13.3. The van der Waals surface area contributed by atoms with Crippen LogP contribution in [0.5, 0.6) is 5.75 Å². The van der Waals surface area contributed by atoms with Gasteiger partial charge in [0.1, 0.15) is 5.75 Å². The van der Waals surface area contributed by atoms with Crippen molar-refractivity contribution < 1.29 is 9.90 Å². The summed E-state index contributed by atoms with van der Waals surface area (Å²) in [6, 6.07) is 19.2. The van der Waals surface area contributed by atoms with Crippen LogP contribution in [0, 0.1) is 5.92 Å². The lowest BCUT2D eigenvalue weighted by atomic mass is 9.96. The number of carbonyl (C=O) groups excluding carboxylic acids is 1. The number of rotatable bonds is 15. The third-order valence-corrected chi connectivity index (χ3v) is 6.76. The minimum absolute atomic E-state index is 0.0300. The van der Waals surface area contributed by atoms with E-state index in [9.17, 15) is 9.90 Å². The average molecular weight is 505 g/mol. The molecule has 5 N–H and O–H groups in total. The van der Waals surface area contributed by atoms with Crippen molar-refractivity contribution >= 4 is 16.8 Å². The summed E-state index contributed by atoms with van der Waals surface area (Å²) in [5.41, 5.74) is 9.30. The SMILES string of the molecule is CCCC[C@H](N)CNC(=O)[C@H](Cc1ccc(O)cc1)N[C@H](CCc1ccc2ccccc2n1)CC(C)C. The van der Waals surface area contributed by atoms with Gasteiger partial charge in [0.25, 0.3) is 0 Å². The van der Waals surface area contributed by atoms with Crippen LogP contribution in [0.2, 0.25) is 0 Å². The van der Waals surface area contributed by atoms with Gasteiger partial charge in [-0.2, -0.15) is 0 Å². The minimum Gasteiger partial charge on any atom is -0.508 e. The Bertz CT molecular complexity index is 1100. The molecule has 0 saturated carbocycles. The largest absolute Gasteiger partial charge is 0.508 e. The number of fused-ring (bicyclic) bond motifs is 1. The first-order chi connectivity index (χ1) is 17.8. The second-order valence-electron chi connectivity index (χ2n) is 10.6. The predicted octanol–water partition coefficient (Wildman–Crippen LogP) is 5.12. The molecule has 1 amide bonds. The molecule has 0 radical (unpaired) electrons. The number of phenolic OH excluding ortho intramolecular Hbond substituents is 1. The predicted molar refractivity (Wildman–Crippen MR) is 153 cm³/mol. The zero-order valence-electron chi connectivity index (χ0n) is 22.6. The molecule has 0 aliphatic rings. The number of nitrogens with one attached hydrogen (secondary N) is 2. The van der Waals surface area contributed by atoms with Crippen LogP contribution >= 0.6 is 0 Å². The lowest BCUT2D eigenvalue weighted by Gasteiger charge is -2.27. The van der Waals surface area contributed by atoms with Crippen LogP contribution in [0.1, 0.15) is 64.1 Å². The first-order valence-corrected chi connectivity index (χ1v) is 13.8. The molecule has 6 heteroatoms. The number of hydrogen-bond donors (Lipinski definition) is 4. The molecular weight excluding hydrogens is 460 g/mol. The molecule has 0 bridgehead atoms. The number of para-hydroxylation sites is 1. The van der Waals surface area contributed by atoms with Crippen LogP contribution < -0.4 is 16.4 Å². The molecule has 1 heterocycles. The van der Waals surface area contributed by atoms with Gasteiger partial charge < -0.3 is 21.5 Å². The van der Waals surface area contributed by atoms with Crippen molar-refractivity contribution in [2.75, 3.05) is 6.54 Å². The third kappa shape index (κ3) is 9.78. The van der Waals surface area contributed by atoms with E-state index in [1.807, 2.05) is 30.3 Å². The number of aromatic hydroxyl groups is 1. The summed E-state index contributed by atoms with van der Waals surface area (Å²) in [4.78, 5) is 18.2. The van der Waals surface area contributed by atoms with E-state index < -0.39 is 6.04 Å². The molecule has 1 aromatic heterocycles. The Morgan fingerprint density at radius 3 is 2.51 bits per heavy atom. The summed E-state index contributed by atoms with van der Waals surface area (Å²) in [7, 11) is 0. The monoisotopic (exact) mass is 504 g/mol. The van der Waals surface area contributed by atoms with Gasteiger partial charge in [0, 0.05) is 29.7 Å². The van der Waals surface area contributed by atoms with Crippen molar-refractivity contribution in [3.05, 3.63) is 71.9 Å². The summed E-state index contributed by atoms with van der Waals surface area (Å²) in [5.74, 6) is 0.680. The maximum atomic E-state index is 13.3. The molecule has 3 atom stereocenters. The van der Waals surface area contributed by atoms with E-state index in [2.05, 4.69) is 49.6 Å². The van der Waals surface area contributed by atoms with Crippen LogP contribution in [0.15, 0.2) is 60.7 Å². The molecule has 0 spiro atoms. The van der Waals surface area contributed by atoms with Crippen molar-refractivity contribution in [1.82, 2.24) is 15.6 Å². The van der Waals surface area contributed by atoms with Crippen LogP contribution in [-0.2, 0) is 17.6 Å². The Morgan fingerprint density at radius 2 is 1.78 bits per heavy atom. The Morgan fingerprint density at radius 1 is 1.03 bits per heavy atom. The number of pyridine rings is 1. The first kappa shape index (κ1) is 28.6. The molecular formula is C31H44N4O2. The van der Waals surface area contributed by atoms with Gasteiger partial charge in [-0.3, -0.25) is 9.78 Å². The van der Waals surface area contributed by atoms with Crippen LogP contribution in [0.4, 0.5) is 0 Å². The maximum Gasteiger partial charge on any atom is 0.237 e. The molecule has 3 rings (SSSR count). The number of nitrogens with two attached hydrogens (primary N) is 1. The molecule has 0 saturated heterocycles. The second kappa shape index (κ2) is 14.7. The summed E-state index contributed by atoms with van der Waals surface area (Å²) < 4.78 is 0. The van der Waals surface area contributed by atoms with Crippen LogP contribution in [-0.4, -0.2) is 40.7 Å². The van der Waals surface area contributed by atoms with Crippen molar-refractivity contribution in [2.45, 2.75) is 83.8 Å². The number of carbonyl (C=O) groups is 1. The van der Waals surface area contributed by atoms with Crippen molar-refractivity contribution in [3.8, 4) is 5.75 Å². The lowest BCUT2D eigenvalue weighted by molar-refractivity contribution is -0.123. The third-order valence-electron chi connectivity index (χ3n) is 6.76. The van der Waals surface area contributed by atoms with Gasteiger partial charge >= 0.3 is 0 Å². The molecule has 0 unspecified atom stereocenters. The standard InChI is InChI=1S/C31H44N4O2/c1-4-5-9-25(32)21-33-31(37)30(20-23-11-17-28(36)18-12-23)35-27(19-22(2)3)16-15-26-14-13-24-8-6-7-10-29(24)34-26/h6-8,10-14,17-18,22,25,27,30,35-36H,4-5,9,15-16,19-21,32H2,1-3H3,(H,33,37)/t25-,27+,30-/m0/s1.